The number of aromatic nitrogens is 4. The molecular formula is C32H37FN8O3. The molecule has 12 heteroatoms. The fourth-order valence-corrected chi connectivity index (χ4v) is 4.31. The van der Waals surface area contributed by atoms with E-state index in [1.807, 2.05) is 45.8 Å². The fourth-order valence-electron chi connectivity index (χ4n) is 4.31. The van der Waals surface area contributed by atoms with Gasteiger partial charge in [-0.3, -0.25) is 9.59 Å². The Morgan fingerprint density at radius 2 is 2.00 bits per heavy atom. The number of nitrogens with one attached hydrogen (secondary N) is 3. The lowest BCUT2D eigenvalue weighted by Gasteiger charge is -2.18. The summed E-state index contributed by atoms with van der Waals surface area (Å²) in [5, 5.41) is 9.35. The first kappa shape index (κ1) is 32.0. The molecule has 0 bridgehead atoms. The SMILES string of the molecule is C=Nc1nc(-c2cccc(NC(=O)/C=C/CN(C)C)c2)[nH]c1C(=C)C1=CC(F)=C(CNC(=O)c2nc(C(C)(C)C)no2)CC1. The van der Waals surface area contributed by atoms with Crippen LogP contribution in [0.1, 0.15) is 55.8 Å². The van der Waals surface area contributed by atoms with Gasteiger partial charge in [-0.2, -0.15) is 4.98 Å². The minimum atomic E-state index is -0.566. The first-order valence-electron chi connectivity index (χ1n) is 14.0. The van der Waals surface area contributed by atoms with Gasteiger partial charge in [0, 0.05) is 35.8 Å². The maximum absolute atomic E-state index is 15.2. The van der Waals surface area contributed by atoms with Crippen LogP contribution < -0.4 is 10.6 Å². The van der Waals surface area contributed by atoms with Crippen molar-refractivity contribution in [3.05, 3.63) is 83.5 Å². The number of anilines is 1. The molecule has 0 fully saturated rings. The molecule has 230 valence electrons. The Bertz CT molecular complexity index is 1670. The molecule has 2 aromatic heterocycles. The lowest BCUT2D eigenvalue weighted by Crippen LogP contribution is -2.27. The van der Waals surface area contributed by atoms with E-state index in [4.69, 9.17) is 4.52 Å². The molecule has 0 saturated heterocycles. The van der Waals surface area contributed by atoms with Crippen LogP contribution in [0.4, 0.5) is 15.9 Å². The molecule has 1 aliphatic rings. The molecule has 2 amide bonds. The van der Waals surface area contributed by atoms with Gasteiger partial charge in [0.15, 0.2) is 11.6 Å². The number of carbonyl (C=O) groups is 2. The molecule has 4 rings (SSSR count). The zero-order valence-electron chi connectivity index (χ0n) is 25.6. The number of aliphatic imine (C=N–C) groups is 1. The van der Waals surface area contributed by atoms with Crippen LogP contribution in [0.2, 0.25) is 0 Å². The van der Waals surface area contributed by atoms with Gasteiger partial charge in [0.1, 0.15) is 11.7 Å². The Kier molecular flexibility index (Phi) is 9.84. The second-order valence-corrected chi connectivity index (χ2v) is 11.6. The predicted molar refractivity (Wildman–Crippen MR) is 169 cm³/mol. The third kappa shape index (κ3) is 7.90. The molecule has 0 saturated carbocycles. The monoisotopic (exact) mass is 600 g/mol. The number of halogens is 1. The molecule has 1 aliphatic carbocycles. The number of H-pyrrole nitrogens is 1. The number of rotatable bonds is 11. The molecule has 11 nitrogen and oxygen atoms in total. The standard InChI is InChI=1S/C32H37FN8O3/c1-19(20-13-14-22(24(33)17-20)18-35-29(43)30-39-31(40-44-30)32(2,3)4)26-28(34-5)38-27(37-26)21-10-8-11-23(16-21)36-25(42)12-9-15-41(6)7/h8-12,16-17H,1,5,13-15,18H2,2-4,6-7H3,(H,35,43)(H,36,42)(H,37,38)/b12-9+. The van der Waals surface area contributed by atoms with Gasteiger partial charge < -0.3 is 25.0 Å². The van der Waals surface area contributed by atoms with Crippen LogP contribution in [0.5, 0.6) is 0 Å². The van der Waals surface area contributed by atoms with Crippen LogP contribution in [0.15, 0.2) is 75.6 Å². The molecule has 0 aliphatic heterocycles. The Balaban J connectivity index is 1.45. The van der Waals surface area contributed by atoms with Crippen molar-refractivity contribution in [3.63, 3.8) is 0 Å². The molecule has 3 aromatic rings. The van der Waals surface area contributed by atoms with E-state index in [0.29, 0.717) is 70.5 Å². The molecule has 2 heterocycles. The minimum absolute atomic E-state index is 0.000144. The van der Waals surface area contributed by atoms with Gasteiger partial charge in [-0.15, -0.1) is 0 Å². The van der Waals surface area contributed by atoms with Crippen molar-refractivity contribution in [2.75, 3.05) is 32.5 Å². The highest BCUT2D eigenvalue weighted by Crippen LogP contribution is 2.37. The number of benzene rings is 1. The van der Waals surface area contributed by atoms with Gasteiger partial charge in [0.2, 0.25) is 5.91 Å². The summed E-state index contributed by atoms with van der Waals surface area (Å²) in [6.07, 6.45) is 5.53. The van der Waals surface area contributed by atoms with E-state index < -0.39 is 11.7 Å². The summed E-state index contributed by atoms with van der Waals surface area (Å²) in [5.41, 5.74) is 3.08. The van der Waals surface area contributed by atoms with Gasteiger partial charge >= 0.3 is 11.8 Å². The lowest BCUT2D eigenvalue weighted by molar-refractivity contribution is -0.111. The number of allylic oxidation sites excluding steroid dienone is 4. The van der Waals surface area contributed by atoms with Crippen molar-refractivity contribution in [2.45, 2.75) is 39.0 Å². The fraction of sp³-hybridized carbons (Fsp3) is 0.312. The van der Waals surface area contributed by atoms with Crippen molar-refractivity contribution < 1.29 is 18.5 Å². The summed E-state index contributed by atoms with van der Waals surface area (Å²) in [7, 11) is 3.84. The maximum Gasteiger partial charge on any atom is 0.315 e. The van der Waals surface area contributed by atoms with Crippen LogP contribution in [-0.2, 0) is 10.2 Å². The molecule has 1 aromatic carbocycles. The third-order valence-electron chi connectivity index (χ3n) is 6.76. The molecule has 3 N–H and O–H groups in total. The van der Waals surface area contributed by atoms with Crippen molar-refractivity contribution in [1.82, 2.24) is 30.3 Å². The Hall–Kier alpha value is -4.97. The summed E-state index contributed by atoms with van der Waals surface area (Å²) in [4.78, 5) is 42.7. The lowest BCUT2D eigenvalue weighted by atomic mass is 9.91. The van der Waals surface area contributed by atoms with Crippen LogP contribution >= 0.6 is 0 Å². The van der Waals surface area contributed by atoms with Crippen LogP contribution in [0, 0.1) is 0 Å². The first-order valence-corrected chi connectivity index (χ1v) is 14.0. The molecule has 0 atom stereocenters. The maximum atomic E-state index is 15.2. The zero-order chi connectivity index (χ0) is 32.0. The molecular weight excluding hydrogens is 563 g/mol. The smallest absolute Gasteiger partial charge is 0.315 e. The summed E-state index contributed by atoms with van der Waals surface area (Å²) in [6.45, 7) is 14.2. The largest absolute Gasteiger partial charge is 0.344 e. The van der Waals surface area contributed by atoms with Crippen molar-refractivity contribution in [2.24, 2.45) is 4.99 Å². The van der Waals surface area contributed by atoms with E-state index in [2.05, 4.69) is 49.0 Å². The van der Waals surface area contributed by atoms with Gasteiger partial charge in [-0.05, 0) is 68.6 Å². The van der Waals surface area contributed by atoms with E-state index in [9.17, 15) is 9.59 Å². The highest BCUT2D eigenvalue weighted by atomic mass is 19.1. The average Bonchev–Trinajstić information content (AvgIpc) is 3.64. The number of hydrogen-bond donors (Lipinski definition) is 3. The second-order valence-electron chi connectivity index (χ2n) is 11.6. The summed E-state index contributed by atoms with van der Waals surface area (Å²) >= 11 is 0. The topological polar surface area (TPSA) is 141 Å². The number of nitrogens with zero attached hydrogens (tertiary/aromatic N) is 5. The molecule has 44 heavy (non-hydrogen) atoms. The van der Waals surface area contributed by atoms with Gasteiger partial charge in [0.05, 0.1) is 5.69 Å². The molecule has 0 unspecified atom stereocenters. The van der Waals surface area contributed by atoms with Crippen molar-refractivity contribution in [1.29, 1.82) is 0 Å². The highest BCUT2D eigenvalue weighted by molar-refractivity contribution is 5.99. The number of carbonyl (C=O) groups excluding carboxylic acids is 2. The summed E-state index contributed by atoms with van der Waals surface area (Å²) in [6, 6.07) is 7.22. The number of hydrogen-bond acceptors (Lipinski definition) is 8. The normalized spacial score (nSPS) is 13.8. The summed E-state index contributed by atoms with van der Waals surface area (Å²) in [5.74, 6) is -0.199. The summed E-state index contributed by atoms with van der Waals surface area (Å²) < 4.78 is 20.2. The Morgan fingerprint density at radius 3 is 2.66 bits per heavy atom. The van der Waals surface area contributed by atoms with Crippen LogP contribution in [0.3, 0.4) is 0 Å². The van der Waals surface area contributed by atoms with Crippen molar-refractivity contribution in [3.8, 4) is 11.4 Å². The van der Waals surface area contributed by atoms with Gasteiger partial charge in [0.25, 0.3) is 0 Å². The molecule has 0 radical (unpaired) electrons. The third-order valence-corrected chi connectivity index (χ3v) is 6.76. The van der Waals surface area contributed by atoms with Gasteiger partial charge in [-0.25, -0.2) is 14.4 Å². The van der Waals surface area contributed by atoms with E-state index in [0.717, 1.165) is 0 Å². The number of likely N-dealkylation sites (N-methyl/N-ethyl adjacent to an activating group) is 1. The van der Waals surface area contributed by atoms with E-state index in [1.54, 1.807) is 24.3 Å². The first-order chi connectivity index (χ1) is 20.8. The van der Waals surface area contributed by atoms with Gasteiger partial charge in [-0.1, -0.05) is 50.7 Å². The predicted octanol–water partition coefficient (Wildman–Crippen LogP) is 5.53. The zero-order valence-corrected chi connectivity index (χ0v) is 25.6. The number of amides is 2. The second kappa shape index (κ2) is 13.6. The Labute approximate surface area is 255 Å². The van der Waals surface area contributed by atoms with Crippen LogP contribution in [-0.4, -0.2) is 70.7 Å². The van der Waals surface area contributed by atoms with E-state index in [-0.39, 0.29) is 23.8 Å². The van der Waals surface area contributed by atoms with Crippen molar-refractivity contribution >= 4 is 35.6 Å². The van der Waals surface area contributed by atoms with E-state index >= 15 is 4.39 Å². The van der Waals surface area contributed by atoms with E-state index in [1.165, 1.54) is 12.2 Å². The minimum Gasteiger partial charge on any atom is -0.344 e. The molecule has 0 spiro atoms. The number of imidazole rings is 1. The quantitative estimate of drug-likeness (QED) is 0.194. The van der Waals surface area contributed by atoms with Crippen LogP contribution in [0.25, 0.3) is 17.0 Å². The average molecular weight is 601 g/mol. The highest BCUT2D eigenvalue weighted by Gasteiger charge is 2.25. The Morgan fingerprint density at radius 1 is 1.23 bits per heavy atom. The number of aromatic amines is 1.